The van der Waals surface area contributed by atoms with Gasteiger partial charge in [0.1, 0.15) is 5.69 Å². The average molecular weight is 512 g/mol. The largest absolute Gasteiger partial charge is 0.353 e. The van der Waals surface area contributed by atoms with E-state index in [1.165, 1.54) is 6.07 Å². The second-order valence-electron chi connectivity index (χ2n) is 8.99. The number of carbonyl (C=O) groups excluding carboxylic acids is 1. The highest BCUT2D eigenvalue weighted by Gasteiger charge is 2.16. The molecule has 5 aromatic heterocycles. The molecule has 0 bridgehead atoms. The Hall–Kier alpha value is -4.41. The number of anilines is 1. The maximum atomic E-state index is 13.7. The van der Waals surface area contributed by atoms with Crippen molar-refractivity contribution in [3.05, 3.63) is 72.3 Å². The van der Waals surface area contributed by atoms with E-state index in [-0.39, 0.29) is 17.6 Å². The van der Waals surface area contributed by atoms with Crippen molar-refractivity contribution in [3.8, 4) is 33.0 Å². The summed E-state index contributed by atoms with van der Waals surface area (Å²) in [7, 11) is 3.68. The maximum Gasteiger partial charge on any atom is 0.238 e. The number of amides is 1. The van der Waals surface area contributed by atoms with Crippen molar-refractivity contribution in [2.24, 2.45) is 0 Å². The van der Waals surface area contributed by atoms with Gasteiger partial charge in [-0.1, -0.05) is 12.1 Å². The van der Waals surface area contributed by atoms with E-state index in [0.29, 0.717) is 11.3 Å². The minimum Gasteiger partial charge on any atom is -0.353 e. The molecule has 0 aliphatic carbocycles. The molecule has 0 aliphatic heterocycles. The number of nitrogens with one attached hydrogen (secondary N) is 3. The molecule has 6 aromatic rings. The Balaban J connectivity index is 1.38. The van der Waals surface area contributed by atoms with Crippen molar-refractivity contribution in [3.63, 3.8) is 0 Å². The number of halogens is 1. The number of hydrogen-bond donors (Lipinski definition) is 3. The summed E-state index contributed by atoms with van der Waals surface area (Å²) < 4.78 is 13.7. The van der Waals surface area contributed by atoms with Gasteiger partial charge in [0, 0.05) is 50.3 Å². The molecule has 0 saturated heterocycles. The topological polar surface area (TPSA) is 103 Å². The third-order valence-corrected chi connectivity index (χ3v) is 6.90. The lowest BCUT2D eigenvalue weighted by molar-refractivity contribution is -0.116. The van der Waals surface area contributed by atoms with Crippen LogP contribution in [0, 0.1) is 5.13 Å². The van der Waals surface area contributed by atoms with Gasteiger partial charge in [-0.2, -0.15) is 9.49 Å². The Morgan fingerprint density at radius 1 is 1.05 bits per heavy atom. The van der Waals surface area contributed by atoms with E-state index in [4.69, 9.17) is 0 Å². The van der Waals surface area contributed by atoms with Crippen LogP contribution in [-0.2, 0) is 4.79 Å². The van der Waals surface area contributed by atoms with E-state index < -0.39 is 0 Å². The molecular weight excluding hydrogens is 489 g/mol. The number of nitrogens with zero attached hydrogens (tertiary/aromatic N) is 4. The van der Waals surface area contributed by atoms with Crippen LogP contribution in [0.3, 0.4) is 0 Å². The zero-order valence-electron chi connectivity index (χ0n) is 20.0. The number of likely N-dealkylation sites (N-methyl/N-ethyl adjacent to an activating group) is 1. The molecule has 0 radical (unpaired) electrons. The van der Waals surface area contributed by atoms with E-state index in [0.717, 1.165) is 60.6 Å². The van der Waals surface area contributed by atoms with Crippen molar-refractivity contribution >= 4 is 44.9 Å². The lowest BCUT2D eigenvalue weighted by Gasteiger charge is -2.10. The third kappa shape index (κ3) is 4.48. The van der Waals surface area contributed by atoms with Gasteiger partial charge < -0.3 is 15.2 Å². The zero-order valence-corrected chi connectivity index (χ0v) is 20.9. The maximum absolute atomic E-state index is 13.7. The predicted octanol–water partition coefficient (Wildman–Crippen LogP) is 5.54. The molecular formula is C27H22FN7OS. The van der Waals surface area contributed by atoms with Crippen molar-refractivity contribution in [1.82, 2.24) is 30.0 Å². The Bertz CT molecular complexity index is 1770. The molecule has 10 heteroatoms. The van der Waals surface area contributed by atoms with Crippen molar-refractivity contribution in [2.75, 3.05) is 26.0 Å². The second kappa shape index (κ2) is 9.23. The van der Waals surface area contributed by atoms with Crippen molar-refractivity contribution in [2.45, 2.75) is 0 Å². The van der Waals surface area contributed by atoms with Crippen molar-refractivity contribution < 1.29 is 9.18 Å². The summed E-state index contributed by atoms with van der Waals surface area (Å²) in [5.74, 6) is -0.113. The summed E-state index contributed by atoms with van der Waals surface area (Å²) in [5.41, 5.74) is 6.39. The number of carbonyl (C=O) groups is 1. The van der Waals surface area contributed by atoms with Crippen LogP contribution in [0.5, 0.6) is 0 Å². The highest BCUT2D eigenvalue weighted by molar-refractivity contribution is 7.14. The van der Waals surface area contributed by atoms with Crippen LogP contribution in [0.2, 0.25) is 0 Å². The van der Waals surface area contributed by atoms with Gasteiger partial charge in [-0.05, 0) is 50.5 Å². The minimum atomic E-state index is -0.213. The van der Waals surface area contributed by atoms with Gasteiger partial charge in [-0.15, -0.1) is 11.3 Å². The monoisotopic (exact) mass is 511 g/mol. The molecule has 8 nitrogen and oxygen atoms in total. The fourth-order valence-electron chi connectivity index (χ4n) is 4.38. The van der Waals surface area contributed by atoms with Gasteiger partial charge >= 0.3 is 0 Å². The fourth-order valence-corrected chi connectivity index (χ4v) is 5.15. The summed E-state index contributed by atoms with van der Waals surface area (Å²) >= 11 is 1.13. The molecule has 3 N–H and O–H groups in total. The summed E-state index contributed by atoms with van der Waals surface area (Å²) in [6.45, 7) is 0.282. The number of rotatable bonds is 6. The van der Waals surface area contributed by atoms with Crippen LogP contribution in [0.1, 0.15) is 0 Å². The molecule has 1 aromatic carbocycles. The molecule has 0 aliphatic rings. The normalized spacial score (nSPS) is 11.6. The Morgan fingerprint density at radius 3 is 2.73 bits per heavy atom. The molecule has 1 amide bonds. The lowest BCUT2D eigenvalue weighted by Crippen LogP contribution is -2.27. The number of aromatic amines is 2. The smallest absolute Gasteiger partial charge is 0.238 e. The summed E-state index contributed by atoms with van der Waals surface area (Å²) in [5, 5.41) is 12.0. The van der Waals surface area contributed by atoms with Crippen LogP contribution in [-0.4, -0.2) is 56.6 Å². The van der Waals surface area contributed by atoms with Crippen LogP contribution < -0.4 is 5.32 Å². The fraction of sp³-hybridized carbons (Fsp3) is 0.111. The number of thiophene rings is 1. The van der Waals surface area contributed by atoms with Gasteiger partial charge in [-0.25, -0.2) is 4.98 Å². The van der Waals surface area contributed by atoms with Crippen LogP contribution >= 0.6 is 11.3 Å². The van der Waals surface area contributed by atoms with Gasteiger partial charge in [-0.3, -0.25) is 14.9 Å². The quantitative estimate of drug-likeness (QED) is 0.273. The minimum absolute atomic E-state index is 0.113. The second-order valence-corrected chi connectivity index (χ2v) is 10.0. The summed E-state index contributed by atoms with van der Waals surface area (Å²) in [6.07, 6.45) is 5.11. The molecule has 0 fully saturated rings. The number of pyridine rings is 2. The predicted molar refractivity (Wildman–Crippen MR) is 145 cm³/mol. The summed E-state index contributed by atoms with van der Waals surface area (Å²) in [4.78, 5) is 27.2. The zero-order chi connectivity index (χ0) is 25.5. The molecule has 184 valence electrons. The van der Waals surface area contributed by atoms with Crippen LogP contribution in [0.25, 0.3) is 54.9 Å². The highest BCUT2D eigenvalue weighted by Crippen LogP contribution is 2.37. The van der Waals surface area contributed by atoms with E-state index in [1.54, 1.807) is 29.6 Å². The summed E-state index contributed by atoms with van der Waals surface area (Å²) in [6, 6.07) is 15.1. The first kappa shape index (κ1) is 23.0. The number of H-pyrrole nitrogens is 2. The first-order valence-corrected chi connectivity index (χ1v) is 12.4. The van der Waals surface area contributed by atoms with E-state index in [1.807, 2.05) is 50.5 Å². The number of benzene rings is 1. The number of aromatic nitrogens is 5. The Labute approximate surface area is 215 Å². The molecule has 0 unspecified atom stereocenters. The first-order chi connectivity index (χ1) is 17.9. The molecule has 6 rings (SSSR count). The van der Waals surface area contributed by atoms with Gasteiger partial charge in [0.05, 0.1) is 24.1 Å². The standard InChI is InChI=1S/C27H22FN7OS/c1-35(2)14-25(36)31-17-8-15(11-29-13-17)16-9-20-26(33-34-27(20)30-12-16)22-10-19-18(4-3-5-21(19)32-22)23-6-7-24(28)37-23/h3-13,32H,14H2,1-2H3,(H,31,36)(H,30,33,34). The third-order valence-electron chi connectivity index (χ3n) is 5.99. The SMILES string of the molecule is CN(C)CC(=O)Nc1cncc(-c2cnc3[nH]nc(-c4cc5c(-c6ccc(F)s6)cccc5[nH]4)c3c2)c1. The van der Waals surface area contributed by atoms with Crippen LogP contribution in [0.4, 0.5) is 10.1 Å². The lowest BCUT2D eigenvalue weighted by atomic mass is 10.1. The Morgan fingerprint density at radius 2 is 1.92 bits per heavy atom. The van der Waals surface area contributed by atoms with E-state index >= 15 is 0 Å². The number of fused-ring (bicyclic) bond motifs is 2. The van der Waals surface area contributed by atoms with E-state index in [2.05, 4.69) is 30.5 Å². The molecule has 0 atom stereocenters. The Kier molecular flexibility index (Phi) is 5.74. The van der Waals surface area contributed by atoms with Gasteiger partial charge in [0.2, 0.25) is 5.91 Å². The van der Waals surface area contributed by atoms with Gasteiger partial charge in [0.15, 0.2) is 10.8 Å². The molecule has 37 heavy (non-hydrogen) atoms. The highest BCUT2D eigenvalue weighted by atomic mass is 32.1. The van der Waals surface area contributed by atoms with Gasteiger partial charge in [0.25, 0.3) is 0 Å². The average Bonchev–Trinajstić information content (AvgIpc) is 3.60. The van der Waals surface area contributed by atoms with Crippen molar-refractivity contribution in [1.29, 1.82) is 0 Å². The van der Waals surface area contributed by atoms with E-state index in [9.17, 15) is 9.18 Å². The molecule has 0 saturated carbocycles. The molecule has 0 spiro atoms. The van der Waals surface area contributed by atoms with Crippen LogP contribution in [0.15, 0.2) is 67.1 Å². The molecule has 5 heterocycles. The number of hydrogen-bond acceptors (Lipinski definition) is 6. The first-order valence-electron chi connectivity index (χ1n) is 11.6.